The molecule has 7 nitrogen and oxygen atoms in total. The van der Waals surface area contributed by atoms with E-state index in [-0.39, 0.29) is 11.7 Å². The first kappa shape index (κ1) is 15.7. The van der Waals surface area contributed by atoms with E-state index in [0.717, 1.165) is 30.6 Å². The van der Waals surface area contributed by atoms with Gasteiger partial charge in [0.1, 0.15) is 5.75 Å². The van der Waals surface area contributed by atoms with E-state index in [9.17, 15) is 14.7 Å². The van der Waals surface area contributed by atoms with Gasteiger partial charge in [-0.3, -0.25) is 4.79 Å². The first-order chi connectivity index (χ1) is 12.0. The summed E-state index contributed by atoms with van der Waals surface area (Å²) in [5.74, 6) is -0.0127. The second kappa shape index (κ2) is 5.91. The molecule has 25 heavy (non-hydrogen) atoms. The molecule has 1 saturated carbocycles. The average molecular weight is 342 g/mol. The molecule has 0 spiro atoms. The molecule has 1 unspecified atom stereocenters. The summed E-state index contributed by atoms with van der Waals surface area (Å²) in [5, 5.41) is 12.1. The molecule has 1 atom stereocenters. The quantitative estimate of drug-likeness (QED) is 0.865. The number of benzene rings is 1. The number of carbonyl (C=O) groups excluding carboxylic acids is 1. The minimum atomic E-state index is -1.16. The molecule has 2 aliphatic rings. The second-order valence-corrected chi connectivity index (χ2v) is 6.45. The van der Waals surface area contributed by atoms with E-state index in [1.54, 1.807) is 25.1 Å². The Balaban J connectivity index is 1.57. The first-order valence-electron chi connectivity index (χ1n) is 8.29. The fraction of sp³-hybridized carbons (Fsp3) is 0.389. The molecule has 2 aromatic rings. The third kappa shape index (κ3) is 2.97. The predicted octanol–water partition coefficient (Wildman–Crippen LogP) is 2.35. The number of carboxylic acid groups (broad SMARTS) is 1. The Morgan fingerprint density at radius 3 is 2.88 bits per heavy atom. The summed E-state index contributed by atoms with van der Waals surface area (Å²) in [6.45, 7) is 2.27. The van der Waals surface area contributed by atoms with Gasteiger partial charge in [-0.15, -0.1) is 0 Å². The molecule has 1 aliphatic heterocycles. The van der Waals surface area contributed by atoms with Gasteiger partial charge in [-0.1, -0.05) is 6.07 Å². The number of fused-ring (bicyclic) bond motifs is 1. The Kier molecular flexibility index (Phi) is 3.71. The number of amides is 1. The number of oxazole rings is 1. The highest BCUT2D eigenvalue weighted by atomic mass is 16.5. The van der Waals surface area contributed by atoms with Crippen LogP contribution in [0.15, 0.2) is 22.6 Å². The monoisotopic (exact) mass is 342 g/mol. The topological polar surface area (TPSA) is 102 Å². The van der Waals surface area contributed by atoms with Gasteiger partial charge >= 0.3 is 5.97 Å². The number of hydrogen-bond donors (Lipinski definition) is 2. The van der Waals surface area contributed by atoms with Gasteiger partial charge in [-0.25, -0.2) is 9.78 Å². The predicted molar refractivity (Wildman–Crippen MR) is 86.7 cm³/mol. The van der Waals surface area contributed by atoms with E-state index in [4.69, 9.17) is 9.15 Å². The van der Waals surface area contributed by atoms with Crippen molar-refractivity contribution in [1.82, 2.24) is 10.3 Å². The van der Waals surface area contributed by atoms with Crippen LogP contribution in [0, 0.1) is 6.92 Å². The number of ether oxygens (including phenoxy) is 1. The van der Waals surface area contributed by atoms with Crippen LogP contribution in [-0.2, 0) is 11.2 Å². The molecular weight excluding hydrogens is 324 g/mol. The van der Waals surface area contributed by atoms with E-state index < -0.39 is 17.9 Å². The molecule has 7 heteroatoms. The van der Waals surface area contributed by atoms with Crippen molar-refractivity contribution in [2.75, 3.05) is 6.61 Å². The molecule has 1 fully saturated rings. The summed E-state index contributed by atoms with van der Waals surface area (Å²) >= 11 is 0. The number of rotatable bonds is 5. The maximum Gasteiger partial charge on any atom is 0.330 e. The normalized spacial score (nSPS) is 16.8. The fourth-order valence-corrected chi connectivity index (χ4v) is 3.00. The van der Waals surface area contributed by atoms with Crippen molar-refractivity contribution in [3.8, 4) is 5.75 Å². The Morgan fingerprint density at radius 2 is 2.16 bits per heavy atom. The number of carbonyl (C=O) groups is 2. The van der Waals surface area contributed by atoms with E-state index in [1.807, 2.05) is 0 Å². The Morgan fingerprint density at radius 1 is 1.36 bits per heavy atom. The summed E-state index contributed by atoms with van der Waals surface area (Å²) < 4.78 is 11.0. The lowest BCUT2D eigenvalue weighted by molar-refractivity contribution is -0.139. The van der Waals surface area contributed by atoms with Crippen molar-refractivity contribution in [1.29, 1.82) is 0 Å². The number of aryl methyl sites for hydroxylation is 1. The summed E-state index contributed by atoms with van der Waals surface area (Å²) in [5.41, 5.74) is 1.93. The van der Waals surface area contributed by atoms with Crippen molar-refractivity contribution < 1.29 is 23.8 Å². The Bertz CT molecular complexity index is 853. The lowest BCUT2D eigenvalue weighted by Gasteiger charge is -2.15. The Labute approximate surface area is 144 Å². The van der Waals surface area contributed by atoms with E-state index >= 15 is 0 Å². The SMILES string of the molecule is Cc1nc(C2CC2)oc1C(=O)NC(C(=O)O)c1ccc2c(c1)CCO2. The second-order valence-electron chi connectivity index (χ2n) is 6.45. The van der Waals surface area contributed by atoms with Gasteiger partial charge in [0.15, 0.2) is 11.9 Å². The Hall–Kier alpha value is -2.83. The zero-order chi connectivity index (χ0) is 17.6. The van der Waals surface area contributed by atoms with E-state index in [0.29, 0.717) is 23.8 Å². The first-order valence-corrected chi connectivity index (χ1v) is 8.29. The molecule has 0 bridgehead atoms. The van der Waals surface area contributed by atoms with Crippen LogP contribution in [0.25, 0.3) is 0 Å². The summed E-state index contributed by atoms with van der Waals surface area (Å²) in [4.78, 5) is 28.5. The zero-order valence-corrected chi connectivity index (χ0v) is 13.7. The highest BCUT2D eigenvalue weighted by molar-refractivity contribution is 5.95. The molecule has 1 aromatic heterocycles. The van der Waals surface area contributed by atoms with Crippen LogP contribution < -0.4 is 10.1 Å². The third-order valence-corrected chi connectivity index (χ3v) is 4.52. The van der Waals surface area contributed by atoms with Crippen molar-refractivity contribution in [3.63, 3.8) is 0 Å². The number of aromatic nitrogens is 1. The maximum absolute atomic E-state index is 12.5. The van der Waals surface area contributed by atoms with Crippen LogP contribution in [-0.4, -0.2) is 28.6 Å². The van der Waals surface area contributed by atoms with Gasteiger partial charge in [-0.2, -0.15) is 0 Å². The van der Waals surface area contributed by atoms with Gasteiger partial charge in [0.25, 0.3) is 5.91 Å². The highest BCUT2D eigenvalue weighted by Crippen LogP contribution is 2.40. The van der Waals surface area contributed by atoms with Crippen LogP contribution in [0.4, 0.5) is 0 Å². The van der Waals surface area contributed by atoms with Crippen LogP contribution in [0.2, 0.25) is 0 Å². The fourth-order valence-electron chi connectivity index (χ4n) is 3.00. The highest BCUT2D eigenvalue weighted by Gasteiger charge is 2.32. The molecule has 0 radical (unpaired) electrons. The van der Waals surface area contributed by atoms with Crippen molar-refractivity contribution in [3.05, 3.63) is 46.7 Å². The molecule has 1 aromatic carbocycles. The molecule has 2 N–H and O–H groups in total. The van der Waals surface area contributed by atoms with Crippen molar-refractivity contribution >= 4 is 11.9 Å². The van der Waals surface area contributed by atoms with Crippen LogP contribution in [0.5, 0.6) is 5.75 Å². The molecule has 1 aliphatic carbocycles. The average Bonchev–Trinajstić information content (AvgIpc) is 3.20. The van der Waals surface area contributed by atoms with Gasteiger partial charge in [-0.05, 0) is 43.0 Å². The molecule has 2 heterocycles. The maximum atomic E-state index is 12.5. The van der Waals surface area contributed by atoms with E-state index in [1.165, 1.54) is 0 Å². The van der Waals surface area contributed by atoms with Crippen LogP contribution >= 0.6 is 0 Å². The molecule has 0 saturated heterocycles. The van der Waals surface area contributed by atoms with Gasteiger partial charge in [0.2, 0.25) is 5.76 Å². The molecule has 4 rings (SSSR count). The van der Waals surface area contributed by atoms with Crippen LogP contribution in [0.1, 0.15) is 58.1 Å². The number of nitrogens with zero attached hydrogens (tertiary/aromatic N) is 1. The molecular formula is C18H18N2O5. The number of carboxylic acids is 1. The van der Waals surface area contributed by atoms with Gasteiger partial charge in [0, 0.05) is 12.3 Å². The summed E-state index contributed by atoms with van der Waals surface area (Å²) in [7, 11) is 0. The standard InChI is InChI=1S/C18H18N2O5/c1-9-15(25-17(19-9)10-2-3-10)16(21)20-14(18(22)23)12-4-5-13-11(8-12)6-7-24-13/h4-5,8,10,14H,2-3,6-7H2,1H3,(H,20,21)(H,22,23). The molecule has 130 valence electrons. The molecule has 1 amide bonds. The third-order valence-electron chi connectivity index (χ3n) is 4.52. The van der Waals surface area contributed by atoms with Gasteiger partial charge in [0.05, 0.1) is 12.3 Å². The van der Waals surface area contributed by atoms with Gasteiger partial charge < -0.3 is 19.6 Å². The van der Waals surface area contributed by atoms with E-state index in [2.05, 4.69) is 10.3 Å². The minimum absolute atomic E-state index is 0.0812. The van der Waals surface area contributed by atoms with Crippen molar-refractivity contribution in [2.45, 2.75) is 38.1 Å². The lowest BCUT2D eigenvalue weighted by atomic mass is 10.0. The summed E-state index contributed by atoms with van der Waals surface area (Å²) in [6.07, 6.45) is 2.75. The van der Waals surface area contributed by atoms with Crippen molar-refractivity contribution in [2.24, 2.45) is 0 Å². The number of aliphatic carboxylic acids is 1. The minimum Gasteiger partial charge on any atom is -0.493 e. The lowest BCUT2D eigenvalue weighted by Crippen LogP contribution is -2.34. The largest absolute Gasteiger partial charge is 0.493 e. The summed E-state index contributed by atoms with van der Waals surface area (Å²) in [6, 6.07) is 4.01. The number of hydrogen-bond acceptors (Lipinski definition) is 5. The zero-order valence-electron chi connectivity index (χ0n) is 13.7. The number of nitrogens with one attached hydrogen (secondary N) is 1. The van der Waals surface area contributed by atoms with Crippen LogP contribution in [0.3, 0.4) is 0 Å². The smallest absolute Gasteiger partial charge is 0.330 e.